The van der Waals surface area contributed by atoms with E-state index in [1.54, 1.807) is 0 Å². The summed E-state index contributed by atoms with van der Waals surface area (Å²) in [6.45, 7) is 8.01. The zero-order chi connectivity index (χ0) is 19.2. The lowest BCUT2D eigenvalue weighted by Crippen LogP contribution is -2.28. The van der Waals surface area contributed by atoms with Crippen LogP contribution in [0.4, 0.5) is 11.6 Å². The Morgan fingerprint density at radius 3 is 2.38 bits per heavy atom. The van der Waals surface area contributed by atoms with Crippen LogP contribution < -0.4 is 11.1 Å². The number of carbonyl (C=O) groups excluding carboxylic acids is 1. The Bertz CT molecular complexity index is 907. The Balaban J connectivity index is 0.00000210. The third-order valence-electron chi connectivity index (χ3n) is 4.78. The number of para-hydroxylation sites is 2. The van der Waals surface area contributed by atoms with Crippen molar-refractivity contribution < 1.29 is 4.79 Å². The van der Waals surface area contributed by atoms with Gasteiger partial charge in [0.05, 0.1) is 17.5 Å². The average Bonchev–Trinajstić information content (AvgIpc) is 3.01. The van der Waals surface area contributed by atoms with Crippen LogP contribution in [0.1, 0.15) is 19.4 Å². The smallest absolute Gasteiger partial charge is 0.231 e. The predicted molar refractivity (Wildman–Crippen MR) is 125 cm³/mol. The molecule has 3 N–H and O–H groups in total. The normalized spacial score (nSPS) is 10.4. The van der Waals surface area contributed by atoms with Crippen molar-refractivity contribution in [1.29, 1.82) is 0 Å². The minimum atomic E-state index is -0.0841. The van der Waals surface area contributed by atoms with Crippen molar-refractivity contribution in [2.45, 2.75) is 26.8 Å². The molecule has 0 aliphatic carbocycles. The molecule has 3 rings (SSSR count). The van der Waals surface area contributed by atoms with Crippen LogP contribution in [0, 0.1) is 0 Å². The van der Waals surface area contributed by atoms with E-state index >= 15 is 0 Å². The first-order valence-electron chi connectivity index (χ1n) is 9.42. The molecule has 0 bridgehead atoms. The second-order valence-corrected chi connectivity index (χ2v) is 6.57. The fourth-order valence-electron chi connectivity index (χ4n) is 3.17. The molecule has 1 heterocycles. The molecule has 0 spiro atoms. The van der Waals surface area contributed by atoms with E-state index in [0.29, 0.717) is 18.1 Å². The van der Waals surface area contributed by atoms with Crippen molar-refractivity contribution in [1.82, 2.24) is 14.5 Å². The Morgan fingerprint density at radius 1 is 1.07 bits per heavy atom. The minimum absolute atomic E-state index is 0. The highest BCUT2D eigenvalue weighted by Crippen LogP contribution is 2.20. The Kier molecular flexibility index (Phi) is 9.95. The number of nitrogens with zero attached hydrogens (tertiary/aromatic N) is 3. The van der Waals surface area contributed by atoms with Crippen LogP contribution in [0.25, 0.3) is 11.0 Å². The number of nitrogens with two attached hydrogens (primary N) is 1. The number of imidazole rings is 1. The number of hydrogen-bond acceptors (Lipinski definition) is 4. The first-order chi connectivity index (χ1) is 13.1. The number of rotatable bonds is 8. The van der Waals surface area contributed by atoms with Crippen molar-refractivity contribution in [3.63, 3.8) is 0 Å². The molecule has 0 saturated heterocycles. The van der Waals surface area contributed by atoms with Gasteiger partial charge in [-0.1, -0.05) is 38.1 Å². The first-order valence-corrected chi connectivity index (χ1v) is 9.42. The summed E-state index contributed by atoms with van der Waals surface area (Å²) in [5.74, 6) is 0.517. The number of carbonyl (C=O) groups is 1. The quantitative estimate of drug-likeness (QED) is 0.522. The van der Waals surface area contributed by atoms with E-state index in [9.17, 15) is 4.79 Å². The van der Waals surface area contributed by atoms with E-state index in [4.69, 9.17) is 5.73 Å². The van der Waals surface area contributed by atoms with E-state index in [-0.39, 0.29) is 30.7 Å². The lowest BCUT2D eigenvalue weighted by Gasteiger charge is -2.19. The maximum absolute atomic E-state index is 12.5. The van der Waals surface area contributed by atoms with Gasteiger partial charge in [0.2, 0.25) is 11.9 Å². The van der Waals surface area contributed by atoms with E-state index in [1.807, 2.05) is 48.5 Å². The molecule has 0 unspecified atom stereocenters. The Labute approximate surface area is 184 Å². The van der Waals surface area contributed by atoms with Crippen molar-refractivity contribution in [2.24, 2.45) is 0 Å². The zero-order valence-corrected chi connectivity index (χ0v) is 18.4. The SMILES string of the molecule is CCN(CC)CCn1c(NC(=O)Cc2ccc(N)cc2)nc2ccccc21.Cl.Cl. The molecule has 1 amide bonds. The maximum Gasteiger partial charge on any atom is 0.231 e. The standard InChI is InChI=1S/C21H27N5O.2ClH/c1-3-25(4-2)13-14-26-19-8-6-5-7-18(19)23-21(26)24-20(27)15-16-9-11-17(22)12-10-16;;/h5-12H,3-4,13-15,22H2,1-2H3,(H,23,24,27);2*1H. The largest absolute Gasteiger partial charge is 0.399 e. The van der Waals surface area contributed by atoms with Gasteiger partial charge in [0.1, 0.15) is 0 Å². The number of hydrogen-bond donors (Lipinski definition) is 2. The highest BCUT2D eigenvalue weighted by atomic mass is 35.5. The second-order valence-electron chi connectivity index (χ2n) is 6.57. The van der Waals surface area contributed by atoms with Crippen molar-refractivity contribution in [3.8, 4) is 0 Å². The summed E-state index contributed by atoms with van der Waals surface area (Å²) < 4.78 is 2.09. The van der Waals surface area contributed by atoms with Gasteiger partial charge < -0.3 is 15.2 Å². The van der Waals surface area contributed by atoms with E-state index in [2.05, 4.69) is 33.6 Å². The van der Waals surface area contributed by atoms with Gasteiger partial charge in [-0.25, -0.2) is 4.98 Å². The molecule has 0 saturated carbocycles. The fraction of sp³-hybridized carbons (Fsp3) is 0.333. The van der Waals surface area contributed by atoms with Crippen LogP contribution in [0.5, 0.6) is 0 Å². The Morgan fingerprint density at radius 2 is 1.72 bits per heavy atom. The van der Waals surface area contributed by atoms with Gasteiger partial charge in [-0.15, -0.1) is 24.8 Å². The van der Waals surface area contributed by atoms with Crippen LogP contribution >= 0.6 is 24.8 Å². The second kappa shape index (κ2) is 11.7. The van der Waals surface area contributed by atoms with E-state index < -0.39 is 0 Å². The topological polar surface area (TPSA) is 76.2 Å². The third-order valence-corrected chi connectivity index (χ3v) is 4.78. The summed E-state index contributed by atoms with van der Waals surface area (Å²) in [5, 5.41) is 2.99. The number of amides is 1. The minimum Gasteiger partial charge on any atom is -0.399 e. The first kappa shape index (κ1) is 24.8. The fourth-order valence-corrected chi connectivity index (χ4v) is 3.17. The number of nitrogen functional groups attached to an aromatic ring is 1. The third kappa shape index (κ3) is 6.35. The lowest BCUT2D eigenvalue weighted by atomic mass is 10.1. The number of anilines is 2. The van der Waals surface area contributed by atoms with Crippen LogP contribution in [0.3, 0.4) is 0 Å². The molecule has 0 radical (unpaired) electrons. The van der Waals surface area contributed by atoms with Crippen molar-refractivity contribution in [3.05, 3.63) is 54.1 Å². The van der Waals surface area contributed by atoms with Gasteiger partial charge in [-0.3, -0.25) is 10.1 Å². The number of benzene rings is 2. The van der Waals surface area contributed by atoms with Gasteiger partial charge in [-0.05, 0) is 42.9 Å². The highest BCUT2D eigenvalue weighted by molar-refractivity contribution is 5.93. The molecule has 158 valence electrons. The van der Waals surface area contributed by atoms with Gasteiger partial charge in [0.25, 0.3) is 0 Å². The number of likely N-dealkylation sites (N-methyl/N-ethyl adjacent to an activating group) is 1. The van der Waals surface area contributed by atoms with E-state index in [0.717, 1.165) is 42.8 Å². The molecule has 0 atom stereocenters. The van der Waals surface area contributed by atoms with Crippen molar-refractivity contribution in [2.75, 3.05) is 30.7 Å². The maximum atomic E-state index is 12.5. The average molecular weight is 438 g/mol. The molecule has 29 heavy (non-hydrogen) atoms. The van der Waals surface area contributed by atoms with Gasteiger partial charge in [-0.2, -0.15) is 0 Å². The molecular formula is C21H29Cl2N5O. The number of aromatic nitrogens is 2. The molecule has 0 aliphatic rings. The molecule has 8 heteroatoms. The molecule has 0 fully saturated rings. The highest BCUT2D eigenvalue weighted by Gasteiger charge is 2.14. The summed E-state index contributed by atoms with van der Waals surface area (Å²) in [7, 11) is 0. The van der Waals surface area contributed by atoms with E-state index in [1.165, 1.54) is 0 Å². The van der Waals surface area contributed by atoms with Gasteiger partial charge in [0, 0.05) is 18.8 Å². The zero-order valence-electron chi connectivity index (χ0n) is 16.8. The summed E-state index contributed by atoms with van der Waals surface area (Å²) in [4.78, 5) is 19.5. The molecule has 6 nitrogen and oxygen atoms in total. The molecular weight excluding hydrogens is 409 g/mol. The molecule has 2 aromatic carbocycles. The molecule has 3 aromatic rings. The van der Waals surface area contributed by atoms with Gasteiger partial charge in [0.15, 0.2) is 0 Å². The van der Waals surface area contributed by atoms with Crippen LogP contribution in [0.2, 0.25) is 0 Å². The summed E-state index contributed by atoms with van der Waals surface area (Å²) in [5.41, 5.74) is 9.25. The predicted octanol–water partition coefficient (Wildman–Crippen LogP) is 3.99. The van der Waals surface area contributed by atoms with Gasteiger partial charge >= 0.3 is 0 Å². The number of halogens is 2. The lowest BCUT2D eigenvalue weighted by molar-refractivity contribution is -0.115. The molecule has 0 aliphatic heterocycles. The Hall–Kier alpha value is -2.28. The van der Waals surface area contributed by atoms with Crippen LogP contribution in [-0.2, 0) is 17.8 Å². The van der Waals surface area contributed by atoms with Crippen molar-refractivity contribution >= 4 is 53.4 Å². The number of nitrogens with one attached hydrogen (secondary N) is 1. The monoisotopic (exact) mass is 437 g/mol. The number of fused-ring (bicyclic) bond motifs is 1. The van der Waals surface area contributed by atoms with Crippen LogP contribution in [0.15, 0.2) is 48.5 Å². The summed E-state index contributed by atoms with van der Waals surface area (Å²) >= 11 is 0. The summed E-state index contributed by atoms with van der Waals surface area (Å²) in [6, 6.07) is 15.3. The molecule has 1 aromatic heterocycles. The summed E-state index contributed by atoms with van der Waals surface area (Å²) in [6.07, 6.45) is 0.291. The van der Waals surface area contributed by atoms with Crippen LogP contribution in [-0.4, -0.2) is 40.0 Å².